The molecule has 1 saturated heterocycles. The normalized spacial score (nSPS) is 21.1. The van der Waals surface area contributed by atoms with Crippen molar-refractivity contribution in [3.05, 3.63) is 28.4 Å². The molecular weight excluding hydrogens is 300 g/mol. The minimum Gasteiger partial charge on any atom is -0.444 e. The van der Waals surface area contributed by atoms with E-state index < -0.39 is 22.2 Å². The number of aromatic nitrogens is 1. The summed E-state index contributed by atoms with van der Waals surface area (Å²) in [6, 6.07) is 3.05. The van der Waals surface area contributed by atoms with E-state index in [9.17, 15) is 14.9 Å². The van der Waals surface area contributed by atoms with E-state index in [2.05, 4.69) is 10.3 Å². The monoisotopic (exact) mass is 322 g/mol. The van der Waals surface area contributed by atoms with Crippen molar-refractivity contribution in [2.75, 3.05) is 18.0 Å². The van der Waals surface area contributed by atoms with Crippen LogP contribution in [-0.4, -0.2) is 40.2 Å². The number of anilines is 1. The van der Waals surface area contributed by atoms with E-state index in [1.165, 1.54) is 12.3 Å². The van der Waals surface area contributed by atoms with Gasteiger partial charge in [0.05, 0.1) is 11.2 Å². The van der Waals surface area contributed by atoms with Crippen LogP contribution < -0.4 is 10.2 Å². The maximum atomic E-state index is 11.9. The molecule has 0 bridgehead atoms. The van der Waals surface area contributed by atoms with Crippen LogP contribution in [-0.2, 0) is 4.74 Å². The summed E-state index contributed by atoms with van der Waals surface area (Å²) in [5, 5.41) is 13.5. The maximum absolute atomic E-state index is 11.9. The lowest BCUT2D eigenvalue weighted by molar-refractivity contribution is -0.389. The third kappa shape index (κ3) is 4.54. The van der Waals surface area contributed by atoms with Crippen molar-refractivity contribution in [3.63, 3.8) is 0 Å². The highest BCUT2D eigenvalue weighted by Crippen LogP contribution is 2.27. The van der Waals surface area contributed by atoms with Gasteiger partial charge in [-0.15, -0.1) is 0 Å². The summed E-state index contributed by atoms with van der Waals surface area (Å²) >= 11 is 0. The van der Waals surface area contributed by atoms with Crippen LogP contribution in [0.3, 0.4) is 0 Å². The van der Waals surface area contributed by atoms with Crippen molar-refractivity contribution >= 4 is 17.6 Å². The number of hydrogen-bond donors (Lipinski definition) is 1. The van der Waals surface area contributed by atoms with E-state index in [1.54, 1.807) is 6.07 Å². The zero-order valence-electron chi connectivity index (χ0n) is 13.8. The lowest BCUT2D eigenvalue weighted by Gasteiger charge is -2.28. The van der Waals surface area contributed by atoms with Gasteiger partial charge >= 0.3 is 11.9 Å². The second-order valence-corrected chi connectivity index (χ2v) is 6.99. The Bertz CT molecular complexity index is 596. The van der Waals surface area contributed by atoms with Crippen molar-refractivity contribution in [3.8, 4) is 0 Å². The molecule has 1 fully saturated rings. The Labute approximate surface area is 135 Å². The van der Waals surface area contributed by atoms with E-state index in [0.29, 0.717) is 6.54 Å². The van der Waals surface area contributed by atoms with Gasteiger partial charge in [-0.05, 0) is 50.1 Å². The summed E-state index contributed by atoms with van der Waals surface area (Å²) < 4.78 is 5.29. The highest BCUT2D eigenvalue weighted by molar-refractivity contribution is 5.69. The molecule has 8 nitrogen and oxygen atoms in total. The molecule has 0 aliphatic carbocycles. The molecule has 1 N–H and O–H groups in total. The lowest BCUT2D eigenvalue weighted by Crippen LogP contribution is -2.49. The third-order valence-corrected chi connectivity index (χ3v) is 3.56. The fourth-order valence-electron chi connectivity index (χ4n) is 2.51. The zero-order chi connectivity index (χ0) is 17.3. The largest absolute Gasteiger partial charge is 0.444 e. The van der Waals surface area contributed by atoms with Crippen LogP contribution in [0.25, 0.3) is 0 Å². The third-order valence-electron chi connectivity index (χ3n) is 3.56. The minimum absolute atomic E-state index is 0.178. The molecule has 0 aromatic carbocycles. The first kappa shape index (κ1) is 17.0. The molecule has 126 valence electrons. The number of amides is 1. The Kier molecular flexibility index (Phi) is 4.44. The number of alkyl carbamates (subject to hydrolysis) is 1. The predicted molar refractivity (Wildman–Crippen MR) is 85.5 cm³/mol. The number of carbonyl (C=O) groups is 1. The Morgan fingerprint density at radius 2 is 2.17 bits per heavy atom. The van der Waals surface area contributed by atoms with Gasteiger partial charge in [0.1, 0.15) is 5.60 Å². The Morgan fingerprint density at radius 1 is 1.48 bits per heavy atom. The fourth-order valence-corrected chi connectivity index (χ4v) is 2.51. The zero-order valence-corrected chi connectivity index (χ0v) is 13.8. The lowest BCUT2D eigenvalue weighted by atomic mass is 10.0. The highest BCUT2D eigenvalue weighted by atomic mass is 16.6. The molecule has 8 heteroatoms. The summed E-state index contributed by atoms with van der Waals surface area (Å²) in [7, 11) is 0. The maximum Gasteiger partial charge on any atom is 0.408 e. The minimum atomic E-state index is -0.541. The first-order valence-electron chi connectivity index (χ1n) is 7.45. The van der Waals surface area contributed by atoms with Crippen LogP contribution in [0.15, 0.2) is 18.3 Å². The molecule has 1 aromatic rings. The van der Waals surface area contributed by atoms with Crippen molar-refractivity contribution < 1.29 is 14.5 Å². The Morgan fingerprint density at radius 3 is 2.70 bits per heavy atom. The topological polar surface area (TPSA) is 97.6 Å². The van der Waals surface area contributed by atoms with Crippen molar-refractivity contribution in [2.24, 2.45) is 0 Å². The number of nitro groups is 1. The number of rotatable bonds is 3. The summed E-state index contributed by atoms with van der Waals surface area (Å²) in [5.74, 6) is -0.178. The summed E-state index contributed by atoms with van der Waals surface area (Å²) in [4.78, 5) is 27.9. The quantitative estimate of drug-likeness (QED) is 0.678. The van der Waals surface area contributed by atoms with E-state index in [-0.39, 0.29) is 5.82 Å². The van der Waals surface area contributed by atoms with Gasteiger partial charge in [-0.1, -0.05) is 0 Å². The molecule has 0 unspecified atom stereocenters. The van der Waals surface area contributed by atoms with Gasteiger partial charge in [-0.2, -0.15) is 0 Å². The molecule has 1 aliphatic heterocycles. The number of pyridine rings is 1. The van der Waals surface area contributed by atoms with Gasteiger partial charge in [0.15, 0.2) is 6.20 Å². The molecule has 2 heterocycles. The van der Waals surface area contributed by atoms with Crippen LogP contribution in [0, 0.1) is 10.1 Å². The van der Waals surface area contributed by atoms with E-state index in [4.69, 9.17) is 4.74 Å². The van der Waals surface area contributed by atoms with Gasteiger partial charge in [0.25, 0.3) is 0 Å². The number of ether oxygens (including phenoxy) is 1. The molecule has 1 aromatic heterocycles. The number of nitrogens with zero attached hydrogens (tertiary/aromatic N) is 3. The molecule has 2 rings (SSSR count). The van der Waals surface area contributed by atoms with Crippen molar-refractivity contribution in [1.29, 1.82) is 0 Å². The van der Waals surface area contributed by atoms with Gasteiger partial charge in [-0.3, -0.25) is 0 Å². The van der Waals surface area contributed by atoms with Crippen LogP contribution in [0.1, 0.15) is 34.1 Å². The van der Waals surface area contributed by atoms with Crippen molar-refractivity contribution in [1.82, 2.24) is 10.3 Å². The van der Waals surface area contributed by atoms with Crippen LogP contribution in [0.5, 0.6) is 0 Å². The molecule has 23 heavy (non-hydrogen) atoms. The summed E-state index contributed by atoms with van der Waals surface area (Å²) in [6.07, 6.45) is 1.80. The first-order chi connectivity index (χ1) is 10.6. The van der Waals surface area contributed by atoms with E-state index in [0.717, 1.165) is 18.7 Å². The molecular formula is C15H22N4O4. The fraction of sp³-hybridized carbons (Fsp3) is 0.600. The van der Waals surface area contributed by atoms with E-state index in [1.807, 2.05) is 32.6 Å². The smallest absolute Gasteiger partial charge is 0.408 e. The van der Waals surface area contributed by atoms with Crippen LogP contribution in [0.4, 0.5) is 16.3 Å². The van der Waals surface area contributed by atoms with Gasteiger partial charge in [0.2, 0.25) is 0 Å². The Hall–Kier alpha value is -2.38. The molecule has 1 aliphatic rings. The highest BCUT2D eigenvalue weighted by Gasteiger charge is 2.36. The Balaban J connectivity index is 1.99. The standard InChI is InChI=1S/C15H22N4O4/c1-14(2,3)23-13(20)17-15(4)7-8-18(10-15)11-5-6-12(16-9-11)19(21)22/h5-6,9H,7-8,10H2,1-4H3,(H,17,20)/t15-/m1/s1. The summed E-state index contributed by atoms with van der Waals surface area (Å²) in [6.45, 7) is 8.72. The molecule has 0 spiro atoms. The second-order valence-electron chi connectivity index (χ2n) is 6.99. The van der Waals surface area contributed by atoms with Gasteiger partial charge in [-0.25, -0.2) is 4.79 Å². The number of hydrogen-bond acceptors (Lipinski definition) is 6. The van der Waals surface area contributed by atoms with Crippen molar-refractivity contribution in [2.45, 2.75) is 45.3 Å². The molecule has 1 atom stereocenters. The summed E-state index contributed by atoms with van der Waals surface area (Å²) in [5.41, 5.74) is -0.157. The van der Waals surface area contributed by atoms with Gasteiger partial charge in [0, 0.05) is 19.2 Å². The molecule has 1 amide bonds. The average molecular weight is 322 g/mol. The number of carbonyl (C=O) groups excluding carboxylic acids is 1. The second kappa shape index (κ2) is 6.02. The molecule has 0 radical (unpaired) electrons. The van der Waals surface area contributed by atoms with Crippen LogP contribution >= 0.6 is 0 Å². The average Bonchev–Trinajstić information content (AvgIpc) is 2.78. The molecule has 0 saturated carbocycles. The van der Waals surface area contributed by atoms with Gasteiger partial charge < -0.3 is 25.1 Å². The number of nitrogens with one attached hydrogen (secondary N) is 1. The van der Waals surface area contributed by atoms with Crippen LogP contribution in [0.2, 0.25) is 0 Å². The predicted octanol–water partition coefficient (Wildman–Crippen LogP) is 2.48. The van der Waals surface area contributed by atoms with E-state index >= 15 is 0 Å². The SMILES string of the molecule is CC(C)(C)OC(=O)N[C@]1(C)CCN(c2ccc([N+](=O)[O-])nc2)C1. The first-order valence-corrected chi connectivity index (χ1v) is 7.45.